The number of furan rings is 1. The van der Waals surface area contributed by atoms with E-state index < -0.39 is 0 Å². The van der Waals surface area contributed by atoms with Crippen molar-refractivity contribution in [3.05, 3.63) is 23.2 Å². The van der Waals surface area contributed by atoms with Crippen LogP contribution < -0.4 is 10.6 Å². The first-order valence-corrected chi connectivity index (χ1v) is 6.72. The molecule has 2 amide bonds. The van der Waals surface area contributed by atoms with Crippen LogP contribution in [0.1, 0.15) is 49.8 Å². The van der Waals surface area contributed by atoms with Crippen molar-refractivity contribution in [1.29, 1.82) is 0 Å². The molecule has 0 bridgehead atoms. The van der Waals surface area contributed by atoms with Crippen LogP contribution in [0.2, 0.25) is 0 Å². The lowest BCUT2D eigenvalue weighted by Gasteiger charge is -2.19. The van der Waals surface area contributed by atoms with Crippen LogP contribution >= 0.6 is 0 Å². The van der Waals surface area contributed by atoms with Gasteiger partial charge in [0.05, 0.1) is 6.04 Å². The Hall–Kier alpha value is -1.49. The largest absolute Gasteiger partial charge is 0.466 e. The number of nitrogens with one attached hydrogen (secondary N) is 2. The van der Waals surface area contributed by atoms with Gasteiger partial charge in [-0.1, -0.05) is 6.92 Å². The quantitative estimate of drug-likeness (QED) is 0.741. The number of aliphatic hydroxyl groups is 1. The molecule has 0 aliphatic rings. The van der Waals surface area contributed by atoms with Gasteiger partial charge in [0, 0.05) is 18.2 Å². The Balaban J connectivity index is 2.54. The van der Waals surface area contributed by atoms with Gasteiger partial charge in [0.25, 0.3) is 0 Å². The second kappa shape index (κ2) is 7.19. The summed E-state index contributed by atoms with van der Waals surface area (Å²) >= 11 is 0. The minimum atomic E-state index is -0.217. The van der Waals surface area contributed by atoms with Gasteiger partial charge in [0.15, 0.2) is 0 Å². The average Bonchev–Trinajstić information content (AvgIpc) is 2.67. The number of carbonyl (C=O) groups excluding carboxylic acids is 1. The van der Waals surface area contributed by atoms with E-state index in [2.05, 4.69) is 10.6 Å². The van der Waals surface area contributed by atoms with Gasteiger partial charge in [0.2, 0.25) is 0 Å². The molecule has 1 aromatic heterocycles. The SMILES string of the molecule is CCC(CCO)NC(=O)NC(C)c1cc(C)oc1C. The van der Waals surface area contributed by atoms with Crippen LogP contribution in [0.25, 0.3) is 0 Å². The molecule has 1 heterocycles. The Morgan fingerprint density at radius 1 is 1.42 bits per heavy atom. The molecule has 0 fully saturated rings. The molecule has 1 aromatic rings. The predicted molar refractivity (Wildman–Crippen MR) is 74.0 cm³/mol. The highest BCUT2D eigenvalue weighted by Crippen LogP contribution is 2.20. The lowest BCUT2D eigenvalue weighted by molar-refractivity contribution is 0.225. The fraction of sp³-hybridized carbons (Fsp3) is 0.643. The van der Waals surface area contributed by atoms with Crippen molar-refractivity contribution in [2.45, 2.75) is 52.6 Å². The van der Waals surface area contributed by atoms with Crippen LogP contribution in [0, 0.1) is 13.8 Å². The van der Waals surface area contributed by atoms with Crippen LogP contribution in [0.4, 0.5) is 4.79 Å². The average molecular weight is 268 g/mol. The lowest BCUT2D eigenvalue weighted by atomic mass is 10.1. The summed E-state index contributed by atoms with van der Waals surface area (Å²) in [6.07, 6.45) is 1.37. The minimum Gasteiger partial charge on any atom is -0.466 e. The molecule has 0 aliphatic heterocycles. The van der Waals surface area contributed by atoms with Gasteiger partial charge in [-0.05, 0) is 39.7 Å². The molecule has 0 radical (unpaired) electrons. The van der Waals surface area contributed by atoms with E-state index >= 15 is 0 Å². The Morgan fingerprint density at radius 2 is 2.11 bits per heavy atom. The number of urea groups is 1. The Kier molecular flexibility index (Phi) is 5.89. The van der Waals surface area contributed by atoms with E-state index in [0.29, 0.717) is 6.42 Å². The minimum absolute atomic E-state index is 0.00406. The molecule has 0 aromatic carbocycles. The topological polar surface area (TPSA) is 74.5 Å². The summed E-state index contributed by atoms with van der Waals surface area (Å²) in [6.45, 7) is 7.75. The van der Waals surface area contributed by atoms with Gasteiger partial charge in [-0.2, -0.15) is 0 Å². The third-order valence-corrected chi connectivity index (χ3v) is 3.20. The molecule has 5 nitrogen and oxygen atoms in total. The van der Waals surface area contributed by atoms with Crippen molar-refractivity contribution >= 4 is 6.03 Å². The first-order chi connectivity index (χ1) is 8.97. The zero-order valence-electron chi connectivity index (χ0n) is 12.1. The zero-order valence-corrected chi connectivity index (χ0v) is 12.1. The molecule has 5 heteroatoms. The third kappa shape index (κ3) is 4.59. The van der Waals surface area contributed by atoms with Crippen LogP contribution in [0.15, 0.2) is 10.5 Å². The van der Waals surface area contributed by atoms with E-state index in [-0.39, 0.29) is 24.7 Å². The van der Waals surface area contributed by atoms with Crippen molar-refractivity contribution in [3.8, 4) is 0 Å². The summed E-state index contributed by atoms with van der Waals surface area (Å²) < 4.78 is 5.45. The van der Waals surface area contributed by atoms with E-state index in [9.17, 15) is 4.79 Å². The van der Waals surface area contributed by atoms with Crippen molar-refractivity contribution < 1.29 is 14.3 Å². The van der Waals surface area contributed by atoms with Crippen molar-refractivity contribution in [1.82, 2.24) is 10.6 Å². The highest BCUT2D eigenvalue weighted by molar-refractivity contribution is 5.74. The van der Waals surface area contributed by atoms with Gasteiger partial charge in [0.1, 0.15) is 11.5 Å². The molecule has 1 rings (SSSR count). The van der Waals surface area contributed by atoms with E-state index in [4.69, 9.17) is 9.52 Å². The molecule has 0 saturated carbocycles. The third-order valence-electron chi connectivity index (χ3n) is 3.20. The first kappa shape index (κ1) is 15.6. The summed E-state index contributed by atoms with van der Waals surface area (Å²) in [7, 11) is 0. The summed E-state index contributed by atoms with van der Waals surface area (Å²) in [5.41, 5.74) is 0.989. The molecular formula is C14H24N2O3. The van der Waals surface area contributed by atoms with Gasteiger partial charge < -0.3 is 20.2 Å². The summed E-state index contributed by atoms with van der Waals surface area (Å²) in [5.74, 6) is 1.67. The summed E-state index contributed by atoms with van der Waals surface area (Å²) in [4.78, 5) is 11.9. The zero-order chi connectivity index (χ0) is 14.4. The Labute approximate surface area is 114 Å². The standard InChI is InChI=1S/C14H24N2O3/c1-5-12(6-7-17)16-14(18)15-10(3)13-8-9(2)19-11(13)4/h8,10,12,17H,5-7H2,1-4H3,(H2,15,16,18). The van der Waals surface area contributed by atoms with Gasteiger partial charge in [-0.15, -0.1) is 0 Å². The van der Waals surface area contributed by atoms with Gasteiger partial charge in [-0.3, -0.25) is 0 Å². The number of aryl methyl sites for hydroxylation is 2. The van der Waals surface area contributed by atoms with E-state index in [1.54, 1.807) is 0 Å². The number of aliphatic hydroxyl groups excluding tert-OH is 1. The molecular weight excluding hydrogens is 244 g/mol. The number of hydrogen-bond acceptors (Lipinski definition) is 3. The molecule has 108 valence electrons. The predicted octanol–water partition coefficient (Wildman–Crippen LogP) is 2.42. The first-order valence-electron chi connectivity index (χ1n) is 6.72. The molecule has 2 atom stereocenters. The van der Waals surface area contributed by atoms with Crippen molar-refractivity contribution in [2.24, 2.45) is 0 Å². The number of rotatable bonds is 6. The van der Waals surface area contributed by atoms with Crippen LogP contribution in [0.3, 0.4) is 0 Å². The van der Waals surface area contributed by atoms with Crippen LogP contribution in [-0.4, -0.2) is 23.8 Å². The van der Waals surface area contributed by atoms with Gasteiger partial charge in [-0.25, -0.2) is 4.79 Å². The second-order valence-corrected chi connectivity index (χ2v) is 4.83. The van der Waals surface area contributed by atoms with Crippen LogP contribution in [0.5, 0.6) is 0 Å². The Bertz CT molecular complexity index is 415. The highest BCUT2D eigenvalue weighted by atomic mass is 16.3. The molecule has 0 aliphatic carbocycles. The highest BCUT2D eigenvalue weighted by Gasteiger charge is 2.16. The second-order valence-electron chi connectivity index (χ2n) is 4.83. The number of hydrogen-bond donors (Lipinski definition) is 3. The monoisotopic (exact) mass is 268 g/mol. The summed E-state index contributed by atoms with van der Waals surface area (Å²) in [6, 6.07) is 1.62. The van der Waals surface area contributed by atoms with E-state index in [1.807, 2.05) is 33.8 Å². The maximum atomic E-state index is 11.9. The van der Waals surface area contributed by atoms with Crippen LogP contribution in [-0.2, 0) is 0 Å². The molecule has 0 spiro atoms. The van der Waals surface area contributed by atoms with Gasteiger partial charge >= 0.3 is 6.03 Å². The fourth-order valence-corrected chi connectivity index (χ4v) is 2.12. The smallest absolute Gasteiger partial charge is 0.315 e. The lowest BCUT2D eigenvalue weighted by Crippen LogP contribution is -2.43. The maximum Gasteiger partial charge on any atom is 0.315 e. The molecule has 3 N–H and O–H groups in total. The maximum absolute atomic E-state index is 11.9. The molecule has 19 heavy (non-hydrogen) atoms. The number of carbonyl (C=O) groups is 1. The molecule has 0 saturated heterocycles. The number of amides is 2. The van der Waals surface area contributed by atoms with E-state index in [0.717, 1.165) is 23.5 Å². The Morgan fingerprint density at radius 3 is 2.58 bits per heavy atom. The molecule has 2 unspecified atom stereocenters. The van der Waals surface area contributed by atoms with Crippen molar-refractivity contribution in [2.75, 3.05) is 6.61 Å². The van der Waals surface area contributed by atoms with E-state index in [1.165, 1.54) is 0 Å². The summed E-state index contributed by atoms with van der Waals surface area (Å²) in [5, 5.41) is 14.6. The fourth-order valence-electron chi connectivity index (χ4n) is 2.12. The van der Waals surface area contributed by atoms with Crippen molar-refractivity contribution in [3.63, 3.8) is 0 Å². The normalized spacial score (nSPS) is 13.9.